The first-order valence-corrected chi connectivity index (χ1v) is 13.6. The second-order valence-electron chi connectivity index (χ2n) is 10.8. The van der Waals surface area contributed by atoms with Crippen molar-refractivity contribution in [1.82, 2.24) is 16.0 Å². The predicted molar refractivity (Wildman–Crippen MR) is 150 cm³/mol. The van der Waals surface area contributed by atoms with Crippen molar-refractivity contribution in [2.45, 2.75) is 77.0 Å². The zero-order valence-electron chi connectivity index (χ0n) is 23.3. The Morgan fingerprint density at radius 1 is 0.923 bits per heavy atom. The number of carbonyl (C=O) groups is 3. The van der Waals surface area contributed by atoms with Gasteiger partial charge >= 0.3 is 18.2 Å². The number of carboxylic acids is 1. The summed E-state index contributed by atoms with van der Waals surface area (Å²) in [5.41, 5.74) is 3.94. The Balaban J connectivity index is 1.49. The molecule has 1 aliphatic rings. The first-order chi connectivity index (χ1) is 18.6. The number of nitrogens with one attached hydrogen (secondary N) is 3. The van der Waals surface area contributed by atoms with Crippen LogP contribution in [-0.4, -0.2) is 60.6 Å². The van der Waals surface area contributed by atoms with Crippen LogP contribution in [-0.2, 0) is 14.3 Å². The van der Waals surface area contributed by atoms with Crippen LogP contribution in [0.3, 0.4) is 0 Å². The Labute approximate surface area is 230 Å². The number of fused-ring (bicyclic) bond motifs is 3. The van der Waals surface area contributed by atoms with Crippen LogP contribution in [0.5, 0.6) is 0 Å². The van der Waals surface area contributed by atoms with E-state index in [4.69, 9.17) is 9.47 Å². The van der Waals surface area contributed by atoms with Crippen LogP contribution in [0.15, 0.2) is 48.5 Å². The van der Waals surface area contributed by atoms with Crippen molar-refractivity contribution in [1.29, 1.82) is 0 Å². The van der Waals surface area contributed by atoms with Crippen LogP contribution in [0.4, 0.5) is 9.59 Å². The number of rotatable bonds is 13. The molecule has 0 unspecified atom stereocenters. The maximum absolute atomic E-state index is 12.8. The van der Waals surface area contributed by atoms with Crippen molar-refractivity contribution in [2.75, 3.05) is 19.7 Å². The van der Waals surface area contributed by atoms with Crippen molar-refractivity contribution in [3.63, 3.8) is 0 Å². The molecule has 0 aromatic heterocycles. The Morgan fingerprint density at radius 2 is 1.54 bits per heavy atom. The van der Waals surface area contributed by atoms with E-state index in [1.54, 1.807) is 20.8 Å². The molecule has 0 heterocycles. The van der Waals surface area contributed by atoms with Gasteiger partial charge in [0.25, 0.3) is 0 Å². The average molecular weight is 540 g/mol. The van der Waals surface area contributed by atoms with Gasteiger partial charge in [0.15, 0.2) is 0 Å². The van der Waals surface area contributed by atoms with Crippen LogP contribution in [0.1, 0.15) is 70.4 Å². The first kappa shape index (κ1) is 30.0. The fourth-order valence-electron chi connectivity index (χ4n) is 4.71. The van der Waals surface area contributed by atoms with Gasteiger partial charge in [0, 0.05) is 18.5 Å². The zero-order chi connectivity index (χ0) is 28.4. The lowest BCUT2D eigenvalue weighted by atomic mass is 9.98. The highest BCUT2D eigenvalue weighted by Crippen LogP contribution is 2.44. The van der Waals surface area contributed by atoms with Crippen molar-refractivity contribution in [3.8, 4) is 11.1 Å². The molecule has 1 aliphatic carbocycles. The number of carboxylic acid groups (broad SMARTS) is 1. The molecule has 0 saturated carbocycles. The maximum atomic E-state index is 12.8. The van der Waals surface area contributed by atoms with Crippen molar-refractivity contribution in [3.05, 3.63) is 59.7 Å². The third-order valence-corrected chi connectivity index (χ3v) is 6.56. The average Bonchev–Trinajstić information content (AvgIpc) is 3.20. The second kappa shape index (κ2) is 14.0. The van der Waals surface area contributed by atoms with Crippen molar-refractivity contribution < 1.29 is 29.0 Å². The Kier molecular flexibility index (Phi) is 10.7. The fraction of sp³-hybridized carbons (Fsp3) is 0.500. The van der Waals surface area contributed by atoms with E-state index in [1.807, 2.05) is 24.3 Å². The fourth-order valence-corrected chi connectivity index (χ4v) is 4.71. The Morgan fingerprint density at radius 3 is 2.10 bits per heavy atom. The number of unbranched alkanes of at least 4 members (excludes halogenated alkanes) is 1. The van der Waals surface area contributed by atoms with Gasteiger partial charge in [-0.25, -0.2) is 14.4 Å². The SMILES string of the molecule is CCCC[C@@H](CNCC[C@H](NC(=O)OC(C)(C)C)C(=O)O)NC(=O)OCC1c2ccccc2-c2ccccc21. The lowest BCUT2D eigenvalue weighted by Gasteiger charge is -2.23. The molecule has 39 heavy (non-hydrogen) atoms. The minimum absolute atomic E-state index is 0.0132. The summed E-state index contributed by atoms with van der Waals surface area (Å²) in [6.07, 6.45) is 1.58. The van der Waals surface area contributed by atoms with Gasteiger partial charge in [0.2, 0.25) is 0 Å². The number of ether oxygens (including phenoxy) is 2. The van der Waals surface area contributed by atoms with Gasteiger partial charge in [-0.3, -0.25) is 0 Å². The van der Waals surface area contributed by atoms with Gasteiger partial charge in [-0.2, -0.15) is 0 Å². The van der Waals surface area contributed by atoms with Gasteiger partial charge in [-0.1, -0.05) is 68.3 Å². The molecule has 2 aromatic rings. The van der Waals surface area contributed by atoms with E-state index in [0.29, 0.717) is 13.1 Å². The summed E-state index contributed by atoms with van der Waals surface area (Å²) in [4.78, 5) is 36.3. The molecular weight excluding hydrogens is 498 g/mol. The summed E-state index contributed by atoms with van der Waals surface area (Å²) in [5.74, 6) is -1.15. The highest BCUT2D eigenvalue weighted by molar-refractivity contribution is 5.80. The summed E-state index contributed by atoms with van der Waals surface area (Å²) in [5, 5.41) is 18.0. The van der Waals surface area contributed by atoms with E-state index in [2.05, 4.69) is 47.1 Å². The number of amides is 2. The monoisotopic (exact) mass is 539 g/mol. The number of aliphatic carboxylic acids is 1. The highest BCUT2D eigenvalue weighted by atomic mass is 16.6. The van der Waals surface area contributed by atoms with E-state index in [1.165, 1.54) is 11.1 Å². The highest BCUT2D eigenvalue weighted by Gasteiger charge is 2.29. The van der Waals surface area contributed by atoms with Crippen LogP contribution >= 0.6 is 0 Å². The van der Waals surface area contributed by atoms with E-state index in [-0.39, 0.29) is 25.0 Å². The normalized spacial score (nSPS) is 14.1. The molecule has 2 atom stereocenters. The molecule has 4 N–H and O–H groups in total. The molecule has 9 nitrogen and oxygen atoms in total. The third-order valence-electron chi connectivity index (χ3n) is 6.56. The van der Waals surface area contributed by atoms with Crippen molar-refractivity contribution in [2.24, 2.45) is 0 Å². The van der Waals surface area contributed by atoms with Crippen molar-refractivity contribution >= 4 is 18.2 Å². The number of carbonyl (C=O) groups excluding carboxylic acids is 2. The number of benzene rings is 2. The molecule has 212 valence electrons. The van der Waals surface area contributed by atoms with Crippen LogP contribution in [0.25, 0.3) is 11.1 Å². The summed E-state index contributed by atoms with van der Waals surface area (Å²) in [6, 6.07) is 15.1. The summed E-state index contributed by atoms with van der Waals surface area (Å²) in [7, 11) is 0. The largest absolute Gasteiger partial charge is 0.480 e. The standard InChI is InChI=1S/C30H41N3O6/c1-5-6-11-20(18-31-17-16-26(27(34)35)33-29(37)39-30(2,3)4)32-28(36)38-19-25-23-14-9-7-12-21(23)22-13-8-10-15-24(22)25/h7-10,12-15,20,25-26,31H,5-6,11,16-19H2,1-4H3,(H,32,36)(H,33,37)(H,34,35)/t20-,26-/m0/s1. The van der Waals surface area contributed by atoms with Crippen LogP contribution in [0.2, 0.25) is 0 Å². The Hall–Kier alpha value is -3.59. The number of hydrogen-bond acceptors (Lipinski definition) is 6. The zero-order valence-corrected chi connectivity index (χ0v) is 23.3. The molecule has 0 bridgehead atoms. The number of alkyl carbamates (subject to hydrolysis) is 2. The molecule has 0 radical (unpaired) electrons. The van der Waals surface area contributed by atoms with Gasteiger partial charge in [0.05, 0.1) is 0 Å². The second-order valence-corrected chi connectivity index (χ2v) is 10.8. The smallest absolute Gasteiger partial charge is 0.408 e. The van der Waals surface area contributed by atoms with Crippen LogP contribution in [0, 0.1) is 0 Å². The molecule has 0 saturated heterocycles. The lowest BCUT2D eigenvalue weighted by molar-refractivity contribution is -0.139. The molecule has 2 aromatic carbocycles. The molecule has 2 amide bonds. The quantitative estimate of drug-likeness (QED) is 0.263. The van der Waals surface area contributed by atoms with Gasteiger partial charge in [-0.15, -0.1) is 0 Å². The topological polar surface area (TPSA) is 126 Å². The summed E-state index contributed by atoms with van der Waals surface area (Å²) in [6.45, 7) is 8.24. The van der Waals surface area contributed by atoms with E-state index < -0.39 is 29.8 Å². The summed E-state index contributed by atoms with van der Waals surface area (Å²) >= 11 is 0. The molecule has 0 spiro atoms. The molecule has 9 heteroatoms. The molecule has 0 aliphatic heterocycles. The molecular formula is C30H41N3O6. The van der Waals surface area contributed by atoms with E-state index in [0.717, 1.165) is 30.4 Å². The van der Waals surface area contributed by atoms with Crippen LogP contribution < -0.4 is 16.0 Å². The van der Waals surface area contributed by atoms with E-state index >= 15 is 0 Å². The van der Waals surface area contributed by atoms with Gasteiger partial charge in [-0.05, 0) is 62.4 Å². The molecule has 3 rings (SSSR count). The number of hydrogen-bond donors (Lipinski definition) is 4. The molecule has 0 fully saturated rings. The Bertz CT molecular complexity index is 1080. The maximum Gasteiger partial charge on any atom is 0.408 e. The van der Waals surface area contributed by atoms with Gasteiger partial charge in [0.1, 0.15) is 18.2 Å². The minimum Gasteiger partial charge on any atom is -0.480 e. The third kappa shape index (κ3) is 8.99. The lowest BCUT2D eigenvalue weighted by Crippen LogP contribution is -2.46. The minimum atomic E-state index is -1.14. The first-order valence-electron chi connectivity index (χ1n) is 13.6. The summed E-state index contributed by atoms with van der Waals surface area (Å²) < 4.78 is 10.8. The van der Waals surface area contributed by atoms with E-state index in [9.17, 15) is 19.5 Å². The predicted octanol–water partition coefficient (Wildman–Crippen LogP) is 5.04. The van der Waals surface area contributed by atoms with Gasteiger partial charge < -0.3 is 30.5 Å².